The fourth-order valence-electron chi connectivity index (χ4n) is 2.73. The van der Waals surface area contributed by atoms with Gasteiger partial charge in [-0.15, -0.1) is 0 Å². The van der Waals surface area contributed by atoms with E-state index in [0.717, 1.165) is 26.1 Å². The van der Waals surface area contributed by atoms with Gasteiger partial charge in [-0.25, -0.2) is 4.79 Å². The van der Waals surface area contributed by atoms with E-state index in [1.54, 1.807) is 0 Å². The normalized spacial score (nSPS) is 29.7. The molecular formula is C13H24N2O2. The lowest BCUT2D eigenvalue weighted by Crippen LogP contribution is -2.51. The molecule has 98 valence electrons. The van der Waals surface area contributed by atoms with Gasteiger partial charge in [-0.05, 0) is 46.6 Å². The van der Waals surface area contributed by atoms with Crippen molar-refractivity contribution >= 4 is 6.09 Å². The predicted octanol–water partition coefficient (Wildman–Crippen LogP) is 2.14. The van der Waals surface area contributed by atoms with Gasteiger partial charge in [-0.2, -0.15) is 0 Å². The average Bonchev–Trinajstić information content (AvgIpc) is 2.61. The molecule has 0 unspecified atom stereocenters. The molecule has 1 atom stereocenters. The number of hydrogen-bond acceptors (Lipinski definition) is 3. The Morgan fingerprint density at radius 2 is 2.06 bits per heavy atom. The van der Waals surface area contributed by atoms with Crippen LogP contribution in [-0.4, -0.2) is 41.8 Å². The van der Waals surface area contributed by atoms with Crippen molar-refractivity contribution in [3.05, 3.63) is 0 Å². The molecule has 2 fully saturated rings. The molecule has 4 nitrogen and oxygen atoms in total. The van der Waals surface area contributed by atoms with Crippen LogP contribution in [0.1, 0.15) is 46.5 Å². The third kappa shape index (κ3) is 3.12. The summed E-state index contributed by atoms with van der Waals surface area (Å²) in [6, 6.07) is 0. The Morgan fingerprint density at radius 1 is 1.29 bits per heavy atom. The lowest BCUT2D eigenvalue weighted by Gasteiger charge is -2.34. The van der Waals surface area contributed by atoms with Crippen LogP contribution in [0, 0.1) is 0 Å². The summed E-state index contributed by atoms with van der Waals surface area (Å²) in [5.74, 6) is 0. The number of nitrogens with zero attached hydrogens (tertiary/aromatic N) is 1. The van der Waals surface area contributed by atoms with Gasteiger partial charge >= 0.3 is 6.09 Å². The van der Waals surface area contributed by atoms with Crippen LogP contribution in [0.3, 0.4) is 0 Å². The summed E-state index contributed by atoms with van der Waals surface area (Å²) in [4.78, 5) is 13.8. The van der Waals surface area contributed by atoms with Crippen molar-refractivity contribution in [2.45, 2.75) is 57.6 Å². The number of nitrogens with one attached hydrogen (secondary N) is 1. The molecule has 1 amide bonds. The van der Waals surface area contributed by atoms with Crippen molar-refractivity contribution in [3.63, 3.8) is 0 Å². The molecule has 2 heterocycles. The minimum atomic E-state index is -0.396. The monoisotopic (exact) mass is 240 g/mol. The number of likely N-dealkylation sites (tertiary alicyclic amines) is 1. The molecule has 1 N–H and O–H groups in total. The van der Waals surface area contributed by atoms with Crippen LogP contribution in [-0.2, 0) is 4.74 Å². The Labute approximate surface area is 104 Å². The zero-order valence-electron chi connectivity index (χ0n) is 11.2. The Morgan fingerprint density at radius 3 is 2.65 bits per heavy atom. The van der Waals surface area contributed by atoms with E-state index in [2.05, 4.69) is 5.32 Å². The highest BCUT2D eigenvalue weighted by molar-refractivity contribution is 5.68. The predicted molar refractivity (Wildman–Crippen MR) is 67.0 cm³/mol. The molecule has 0 aromatic carbocycles. The van der Waals surface area contributed by atoms with E-state index in [1.165, 1.54) is 19.3 Å². The Kier molecular flexibility index (Phi) is 3.34. The van der Waals surface area contributed by atoms with Gasteiger partial charge < -0.3 is 15.0 Å². The molecule has 2 rings (SSSR count). The third-order valence-electron chi connectivity index (χ3n) is 3.59. The van der Waals surface area contributed by atoms with Crippen molar-refractivity contribution in [1.82, 2.24) is 10.2 Å². The Bertz CT molecular complexity index is 290. The summed E-state index contributed by atoms with van der Waals surface area (Å²) in [6.07, 6.45) is 4.61. The quantitative estimate of drug-likeness (QED) is 0.705. The van der Waals surface area contributed by atoms with E-state index < -0.39 is 5.60 Å². The molecule has 0 radical (unpaired) electrons. The van der Waals surface area contributed by atoms with Crippen molar-refractivity contribution in [1.29, 1.82) is 0 Å². The van der Waals surface area contributed by atoms with Crippen molar-refractivity contribution in [3.8, 4) is 0 Å². The van der Waals surface area contributed by atoms with Gasteiger partial charge in [-0.1, -0.05) is 6.42 Å². The molecule has 1 spiro atoms. The van der Waals surface area contributed by atoms with Crippen LogP contribution in [0.2, 0.25) is 0 Å². The third-order valence-corrected chi connectivity index (χ3v) is 3.59. The lowest BCUT2D eigenvalue weighted by atomic mass is 9.88. The highest BCUT2D eigenvalue weighted by Gasteiger charge is 2.41. The Hall–Kier alpha value is -0.770. The van der Waals surface area contributed by atoms with Crippen LogP contribution in [0.15, 0.2) is 0 Å². The summed E-state index contributed by atoms with van der Waals surface area (Å²) < 4.78 is 5.41. The topological polar surface area (TPSA) is 41.6 Å². The summed E-state index contributed by atoms with van der Waals surface area (Å²) in [5.41, 5.74) is -0.220. The minimum Gasteiger partial charge on any atom is -0.444 e. The highest BCUT2D eigenvalue weighted by atomic mass is 16.6. The van der Waals surface area contributed by atoms with Crippen LogP contribution >= 0.6 is 0 Å². The van der Waals surface area contributed by atoms with Gasteiger partial charge in [0.25, 0.3) is 0 Å². The zero-order valence-corrected chi connectivity index (χ0v) is 11.2. The standard InChI is InChI=1S/C13H24N2O2/c1-12(2,3)17-11(16)15-9-7-13(10-15)6-4-5-8-14-13/h14H,4-10H2,1-3H3/t13-/m0/s1. The van der Waals surface area contributed by atoms with E-state index in [4.69, 9.17) is 4.74 Å². The largest absolute Gasteiger partial charge is 0.444 e. The second-order valence-corrected chi connectivity index (χ2v) is 6.32. The lowest BCUT2D eigenvalue weighted by molar-refractivity contribution is 0.0276. The maximum Gasteiger partial charge on any atom is 0.410 e. The molecular weight excluding hydrogens is 216 g/mol. The minimum absolute atomic E-state index is 0.165. The first kappa shape index (κ1) is 12.7. The second-order valence-electron chi connectivity index (χ2n) is 6.32. The average molecular weight is 240 g/mol. The summed E-state index contributed by atoms with van der Waals surface area (Å²) in [7, 11) is 0. The molecule has 0 bridgehead atoms. The molecule has 0 saturated carbocycles. The zero-order chi connectivity index (χ0) is 12.5. The van der Waals surface area contributed by atoms with Crippen LogP contribution < -0.4 is 5.32 Å². The number of rotatable bonds is 0. The van der Waals surface area contributed by atoms with E-state index in [-0.39, 0.29) is 11.6 Å². The fraction of sp³-hybridized carbons (Fsp3) is 0.923. The van der Waals surface area contributed by atoms with Crippen LogP contribution in [0.25, 0.3) is 0 Å². The fourth-order valence-corrected chi connectivity index (χ4v) is 2.73. The first-order valence-corrected chi connectivity index (χ1v) is 6.63. The van der Waals surface area contributed by atoms with E-state index in [9.17, 15) is 4.79 Å². The molecule has 2 aliphatic rings. The summed E-state index contributed by atoms with van der Waals surface area (Å²) in [6.45, 7) is 8.45. The Balaban J connectivity index is 1.91. The molecule has 0 aromatic rings. The number of ether oxygens (including phenoxy) is 1. The van der Waals surface area contributed by atoms with Gasteiger partial charge in [0.05, 0.1) is 0 Å². The summed E-state index contributed by atoms with van der Waals surface area (Å²) >= 11 is 0. The van der Waals surface area contributed by atoms with Gasteiger partial charge in [-0.3, -0.25) is 0 Å². The van der Waals surface area contributed by atoms with E-state index in [0.29, 0.717) is 0 Å². The number of carbonyl (C=O) groups is 1. The van der Waals surface area contributed by atoms with E-state index in [1.807, 2.05) is 25.7 Å². The van der Waals surface area contributed by atoms with Crippen molar-refractivity contribution in [2.75, 3.05) is 19.6 Å². The number of carbonyl (C=O) groups excluding carboxylic acids is 1. The molecule has 17 heavy (non-hydrogen) atoms. The molecule has 0 aromatic heterocycles. The molecule has 2 saturated heterocycles. The SMILES string of the molecule is CC(C)(C)OC(=O)N1CC[C@@]2(CCCCN2)C1. The maximum absolute atomic E-state index is 12.0. The highest BCUT2D eigenvalue weighted by Crippen LogP contribution is 2.30. The molecule has 2 aliphatic heterocycles. The van der Waals surface area contributed by atoms with Gasteiger partial charge in [0.15, 0.2) is 0 Å². The first-order chi connectivity index (χ1) is 7.90. The molecule has 4 heteroatoms. The first-order valence-electron chi connectivity index (χ1n) is 6.63. The number of amides is 1. The van der Waals surface area contributed by atoms with Crippen molar-refractivity contribution in [2.24, 2.45) is 0 Å². The van der Waals surface area contributed by atoms with Crippen LogP contribution in [0.5, 0.6) is 0 Å². The second kappa shape index (κ2) is 4.48. The smallest absolute Gasteiger partial charge is 0.410 e. The van der Waals surface area contributed by atoms with E-state index >= 15 is 0 Å². The van der Waals surface area contributed by atoms with Gasteiger partial charge in [0.2, 0.25) is 0 Å². The molecule has 0 aliphatic carbocycles. The number of hydrogen-bond donors (Lipinski definition) is 1. The van der Waals surface area contributed by atoms with Crippen LogP contribution in [0.4, 0.5) is 4.79 Å². The number of piperidine rings is 1. The maximum atomic E-state index is 12.0. The summed E-state index contributed by atoms with van der Waals surface area (Å²) in [5, 5.41) is 3.59. The van der Waals surface area contributed by atoms with Crippen molar-refractivity contribution < 1.29 is 9.53 Å². The van der Waals surface area contributed by atoms with Gasteiger partial charge in [0.1, 0.15) is 5.60 Å². The van der Waals surface area contributed by atoms with Gasteiger partial charge in [0, 0.05) is 18.6 Å².